The van der Waals surface area contributed by atoms with E-state index >= 15 is 0 Å². The quantitative estimate of drug-likeness (QED) is 0.719. The molecular weight excluding hydrogens is 184 g/mol. The van der Waals surface area contributed by atoms with Gasteiger partial charge in [-0.25, -0.2) is 0 Å². The second-order valence-corrected chi connectivity index (χ2v) is 3.66. The van der Waals surface area contributed by atoms with Gasteiger partial charge in [-0.1, -0.05) is 39.0 Å². The largest absolute Gasteiger partial charge is 0.370 e. The molecule has 0 aromatic heterocycles. The second-order valence-electron chi connectivity index (χ2n) is 3.66. The van der Waals surface area contributed by atoms with E-state index < -0.39 is 0 Å². The normalized spacial score (nSPS) is 12.8. The number of para-hydroxylation sites is 1. The van der Waals surface area contributed by atoms with Gasteiger partial charge in [-0.15, -0.1) is 0 Å². The van der Waals surface area contributed by atoms with E-state index in [1.54, 1.807) is 0 Å². The number of benzene rings is 1. The Bertz CT molecular complexity index is 254. The maximum absolute atomic E-state index is 3.56. The third-order valence-corrected chi connectivity index (χ3v) is 2.75. The number of nitrogens with one attached hydrogen (secondary N) is 1. The predicted molar refractivity (Wildman–Crippen MR) is 67.1 cm³/mol. The van der Waals surface area contributed by atoms with E-state index in [4.69, 9.17) is 0 Å². The molecule has 1 atom stereocenters. The summed E-state index contributed by atoms with van der Waals surface area (Å²) in [6, 6.07) is 10.4. The van der Waals surface area contributed by atoms with E-state index in [1.807, 2.05) is 6.07 Å². The Morgan fingerprint density at radius 1 is 1.07 bits per heavy atom. The topological polar surface area (TPSA) is 15.3 Å². The molecule has 0 heterocycles. The summed E-state index contributed by atoms with van der Waals surface area (Å²) in [7, 11) is 0. The molecule has 1 rings (SSSR count). The fourth-order valence-corrected chi connectivity index (χ4v) is 1.84. The van der Waals surface area contributed by atoms with Crippen molar-refractivity contribution in [1.29, 1.82) is 0 Å². The van der Waals surface area contributed by atoms with E-state index in [0.29, 0.717) is 6.17 Å². The third-order valence-electron chi connectivity index (χ3n) is 2.75. The molecule has 0 bridgehead atoms. The van der Waals surface area contributed by atoms with Gasteiger partial charge >= 0.3 is 0 Å². The van der Waals surface area contributed by atoms with Crippen LogP contribution in [-0.2, 0) is 0 Å². The maximum atomic E-state index is 3.56. The van der Waals surface area contributed by atoms with Crippen LogP contribution in [0.1, 0.15) is 27.2 Å². The highest BCUT2D eigenvalue weighted by molar-refractivity contribution is 5.43. The SMILES string of the molecule is CCC(Nc1ccccc1)N(CC)CC. The summed E-state index contributed by atoms with van der Waals surface area (Å²) >= 11 is 0. The summed E-state index contributed by atoms with van der Waals surface area (Å²) < 4.78 is 0. The molecule has 0 spiro atoms. The van der Waals surface area contributed by atoms with E-state index in [1.165, 1.54) is 5.69 Å². The molecule has 0 fully saturated rings. The molecular formula is C13H22N2. The number of anilines is 1. The Kier molecular flexibility index (Phi) is 5.19. The van der Waals surface area contributed by atoms with Crippen LogP contribution in [0.2, 0.25) is 0 Å². The lowest BCUT2D eigenvalue weighted by Crippen LogP contribution is -2.40. The van der Waals surface area contributed by atoms with Crippen molar-refractivity contribution in [2.75, 3.05) is 18.4 Å². The molecule has 1 aromatic carbocycles. The number of hydrogen-bond acceptors (Lipinski definition) is 2. The predicted octanol–water partition coefficient (Wildman–Crippen LogP) is 3.18. The van der Waals surface area contributed by atoms with Crippen LogP contribution in [0, 0.1) is 0 Å². The molecule has 0 aliphatic rings. The Morgan fingerprint density at radius 3 is 2.13 bits per heavy atom. The molecule has 0 radical (unpaired) electrons. The van der Waals surface area contributed by atoms with Gasteiger partial charge in [-0.05, 0) is 31.6 Å². The van der Waals surface area contributed by atoms with Crippen molar-refractivity contribution in [2.24, 2.45) is 0 Å². The molecule has 0 aliphatic carbocycles. The number of hydrogen-bond donors (Lipinski definition) is 1. The highest BCUT2D eigenvalue weighted by Gasteiger charge is 2.12. The van der Waals surface area contributed by atoms with Gasteiger partial charge in [0.2, 0.25) is 0 Å². The molecule has 1 aromatic rings. The molecule has 0 aliphatic heterocycles. The van der Waals surface area contributed by atoms with E-state index in [9.17, 15) is 0 Å². The van der Waals surface area contributed by atoms with Crippen molar-refractivity contribution in [2.45, 2.75) is 33.4 Å². The van der Waals surface area contributed by atoms with Crippen LogP contribution in [0.4, 0.5) is 5.69 Å². The Labute approximate surface area is 93.3 Å². The van der Waals surface area contributed by atoms with Gasteiger partial charge in [-0.2, -0.15) is 0 Å². The lowest BCUT2D eigenvalue weighted by atomic mass is 10.2. The first-order valence-corrected chi connectivity index (χ1v) is 5.87. The van der Waals surface area contributed by atoms with E-state index in [0.717, 1.165) is 19.5 Å². The van der Waals surface area contributed by atoms with Gasteiger partial charge in [0.25, 0.3) is 0 Å². The average Bonchev–Trinajstić information content (AvgIpc) is 2.30. The third kappa shape index (κ3) is 3.56. The fraction of sp³-hybridized carbons (Fsp3) is 0.538. The molecule has 0 saturated heterocycles. The van der Waals surface area contributed by atoms with Gasteiger partial charge < -0.3 is 5.32 Å². The first-order chi connectivity index (χ1) is 7.31. The average molecular weight is 206 g/mol. The van der Waals surface area contributed by atoms with Gasteiger partial charge in [-0.3, -0.25) is 4.90 Å². The summed E-state index contributed by atoms with van der Waals surface area (Å²) in [5, 5.41) is 3.56. The van der Waals surface area contributed by atoms with Crippen molar-refractivity contribution in [3.63, 3.8) is 0 Å². The zero-order valence-corrected chi connectivity index (χ0v) is 10.0. The lowest BCUT2D eigenvalue weighted by Gasteiger charge is -2.30. The second kappa shape index (κ2) is 6.46. The standard InChI is InChI=1S/C13H22N2/c1-4-13(15(5-2)6-3)14-12-10-8-7-9-11-12/h7-11,13-14H,4-6H2,1-3H3. The lowest BCUT2D eigenvalue weighted by molar-refractivity contribution is 0.233. The fourth-order valence-electron chi connectivity index (χ4n) is 1.84. The molecule has 84 valence electrons. The smallest absolute Gasteiger partial charge is 0.0790 e. The van der Waals surface area contributed by atoms with Crippen LogP contribution in [0.15, 0.2) is 30.3 Å². The van der Waals surface area contributed by atoms with E-state index in [2.05, 4.69) is 55.3 Å². The molecule has 2 heteroatoms. The summed E-state index contributed by atoms with van der Waals surface area (Å²) in [6.07, 6.45) is 1.57. The molecule has 2 nitrogen and oxygen atoms in total. The monoisotopic (exact) mass is 206 g/mol. The van der Waals surface area contributed by atoms with Gasteiger partial charge in [0, 0.05) is 5.69 Å². The van der Waals surface area contributed by atoms with Crippen LogP contribution in [0.5, 0.6) is 0 Å². The van der Waals surface area contributed by atoms with Gasteiger partial charge in [0.1, 0.15) is 0 Å². The van der Waals surface area contributed by atoms with Crippen molar-refractivity contribution in [3.8, 4) is 0 Å². The Morgan fingerprint density at radius 2 is 1.67 bits per heavy atom. The highest BCUT2D eigenvalue weighted by atomic mass is 15.3. The Balaban J connectivity index is 2.61. The summed E-state index contributed by atoms with van der Waals surface area (Å²) in [4.78, 5) is 2.44. The first-order valence-electron chi connectivity index (χ1n) is 5.87. The Hall–Kier alpha value is -1.02. The van der Waals surface area contributed by atoms with Crippen molar-refractivity contribution in [3.05, 3.63) is 30.3 Å². The minimum absolute atomic E-state index is 0.447. The molecule has 0 amide bonds. The van der Waals surface area contributed by atoms with Crippen LogP contribution in [0.25, 0.3) is 0 Å². The molecule has 0 saturated carbocycles. The highest BCUT2D eigenvalue weighted by Crippen LogP contribution is 2.11. The minimum Gasteiger partial charge on any atom is -0.370 e. The van der Waals surface area contributed by atoms with Crippen LogP contribution < -0.4 is 5.32 Å². The molecule has 1 unspecified atom stereocenters. The first kappa shape index (κ1) is 12.1. The van der Waals surface area contributed by atoms with Gasteiger partial charge in [0.05, 0.1) is 6.17 Å². The summed E-state index contributed by atoms with van der Waals surface area (Å²) in [5.74, 6) is 0. The number of nitrogens with zero attached hydrogens (tertiary/aromatic N) is 1. The number of rotatable bonds is 6. The van der Waals surface area contributed by atoms with Crippen molar-refractivity contribution < 1.29 is 0 Å². The zero-order chi connectivity index (χ0) is 11.1. The van der Waals surface area contributed by atoms with Crippen molar-refractivity contribution in [1.82, 2.24) is 4.90 Å². The molecule has 15 heavy (non-hydrogen) atoms. The minimum atomic E-state index is 0.447. The molecule has 1 N–H and O–H groups in total. The maximum Gasteiger partial charge on any atom is 0.0790 e. The van der Waals surface area contributed by atoms with E-state index in [-0.39, 0.29) is 0 Å². The van der Waals surface area contributed by atoms with Gasteiger partial charge in [0.15, 0.2) is 0 Å². The van der Waals surface area contributed by atoms with Crippen LogP contribution >= 0.6 is 0 Å². The summed E-state index contributed by atoms with van der Waals surface area (Å²) in [5.41, 5.74) is 1.20. The zero-order valence-electron chi connectivity index (χ0n) is 10.0. The van der Waals surface area contributed by atoms with Crippen LogP contribution in [-0.4, -0.2) is 24.2 Å². The van der Waals surface area contributed by atoms with Crippen LogP contribution in [0.3, 0.4) is 0 Å². The summed E-state index contributed by atoms with van der Waals surface area (Å²) in [6.45, 7) is 8.82. The van der Waals surface area contributed by atoms with Crippen molar-refractivity contribution >= 4 is 5.69 Å².